The van der Waals surface area contributed by atoms with E-state index < -0.39 is 0 Å². The second-order valence-corrected chi connectivity index (χ2v) is 6.17. The van der Waals surface area contributed by atoms with Crippen LogP contribution in [0, 0.1) is 13.8 Å². The lowest BCUT2D eigenvalue weighted by molar-refractivity contribution is 0.0953. The van der Waals surface area contributed by atoms with E-state index in [-0.39, 0.29) is 5.91 Å². The van der Waals surface area contributed by atoms with Gasteiger partial charge in [-0.2, -0.15) is 0 Å². The highest BCUT2D eigenvalue weighted by Crippen LogP contribution is 2.18. The van der Waals surface area contributed by atoms with Gasteiger partial charge in [0.2, 0.25) is 0 Å². The van der Waals surface area contributed by atoms with E-state index in [9.17, 15) is 4.79 Å². The average Bonchev–Trinajstić information content (AvgIpc) is 2.78. The number of halogens is 1. The summed E-state index contributed by atoms with van der Waals surface area (Å²) in [6, 6.07) is 5.75. The van der Waals surface area contributed by atoms with E-state index in [0.29, 0.717) is 12.1 Å². The first-order valence-electron chi connectivity index (χ1n) is 6.01. The molecule has 1 aromatic heterocycles. The highest BCUT2D eigenvalue weighted by molar-refractivity contribution is 9.10. The lowest BCUT2D eigenvalue weighted by atomic mass is 10.1. The summed E-state index contributed by atoms with van der Waals surface area (Å²) in [6.45, 7) is 4.55. The molecular formula is C14H15BrN2OS. The molecule has 3 nitrogen and oxygen atoms in total. The van der Waals surface area contributed by atoms with Crippen LogP contribution in [0.2, 0.25) is 0 Å². The number of carbonyl (C=O) groups excluding carboxylic acids is 1. The SMILES string of the molecule is Cc1ccc(Br)c(C(=O)NCCc2nc(C)cs2)c1. The van der Waals surface area contributed by atoms with Crippen molar-refractivity contribution in [3.8, 4) is 0 Å². The van der Waals surface area contributed by atoms with Crippen molar-refractivity contribution in [3.05, 3.63) is 49.9 Å². The van der Waals surface area contributed by atoms with Gasteiger partial charge in [0.15, 0.2) is 0 Å². The largest absolute Gasteiger partial charge is 0.352 e. The molecule has 0 aliphatic heterocycles. The number of aromatic nitrogens is 1. The quantitative estimate of drug-likeness (QED) is 0.926. The number of nitrogens with zero attached hydrogens (tertiary/aromatic N) is 1. The van der Waals surface area contributed by atoms with Crippen molar-refractivity contribution in [2.45, 2.75) is 20.3 Å². The molecule has 0 bridgehead atoms. The fourth-order valence-corrected chi connectivity index (χ4v) is 2.91. The highest BCUT2D eigenvalue weighted by Gasteiger charge is 2.09. The maximum absolute atomic E-state index is 12.1. The van der Waals surface area contributed by atoms with Gasteiger partial charge in [0.1, 0.15) is 0 Å². The molecule has 19 heavy (non-hydrogen) atoms. The van der Waals surface area contributed by atoms with Crippen LogP contribution in [0.25, 0.3) is 0 Å². The van der Waals surface area contributed by atoms with Gasteiger partial charge in [0, 0.05) is 28.5 Å². The topological polar surface area (TPSA) is 42.0 Å². The van der Waals surface area contributed by atoms with Gasteiger partial charge in [-0.25, -0.2) is 4.98 Å². The Kier molecular flexibility index (Phi) is 4.71. The molecule has 0 unspecified atom stereocenters. The fraction of sp³-hybridized carbons (Fsp3) is 0.286. The maximum atomic E-state index is 12.1. The molecule has 1 N–H and O–H groups in total. The number of rotatable bonds is 4. The van der Waals surface area contributed by atoms with Crippen molar-refractivity contribution in [2.24, 2.45) is 0 Å². The third-order valence-corrected chi connectivity index (χ3v) is 4.38. The first kappa shape index (κ1) is 14.2. The minimum absolute atomic E-state index is 0.0520. The molecule has 0 aliphatic rings. The standard InChI is InChI=1S/C14H15BrN2OS/c1-9-3-4-12(15)11(7-9)14(18)16-6-5-13-17-10(2)8-19-13/h3-4,7-8H,5-6H2,1-2H3,(H,16,18). The van der Waals surface area contributed by atoms with Gasteiger partial charge >= 0.3 is 0 Å². The van der Waals surface area contributed by atoms with Crippen LogP contribution in [-0.2, 0) is 6.42 Å². The smallest absolute Gasteiger partial charge is 0.252 e. The second-order valence-electron chi connectivity index (χ2n) is 4.37. The van der Waals surface area contributed by atoms with E-state index in [1.165, 1.54) is 0 Å². The zero-order chi connectivity index (χ0) is 13.8. The minimum Gasteiger partial charge on any atom is -0.352 e. The van der Waals surface area contributed by atoms with Crippen LogP contribution in [0.4, 0.5) is 0 Å². The Bertz CT molecular complexity index is 595. The molecule has 0 fully saturated rings. The lowest BCUT2D eigenvalue weighted by Crippen LogP contribution is -2.26. The Labute approximate surface area is 125 Å². The normalized spacial score (nSPS) is 10.5. The summed E-state index contributed by atoms with van der Waals surface area (Å²) >= 11 is 5.03. The molecule has 5 heteroatoms. The van der Waals surface area contributed by atoms with Gasteiger partial charge in [-0.05, 0) is 41.9 Å². The zero-order valence-electron chi connectivity index (χ0n) is 10.9. The van der Waals surface area contributed by atoms with Crippen LogP contribution in [-0.4, -0.2) is 17.4 Å². The summed E-state index contributed by atoms with van der Waals surface area (Å²) in [6.07, 6.45) is 0.772. The number of carbonyl (C=O) groups is 1. The van der Waals surface area contributed by atoms with Crippen LogP contribution in [0.15, 0.2) is 28.1 Å². The van der Waals surface area contributed by atoms with Crippen molar-refractivity contribution < 1.29 is 4.79 Å². The molecule has 1 heterocycles. The number of nitrogens with one attached hydrogen (secondary N) is 1. The Morgan fingerprint density at radius 1 is 1.42 bits per heavy atom. The Morgan fingerprint density at radius 3 is 2.89 bits per heavy atom. The molecule has 0 saturated heterocycles. The number of amides is 1. The Hall–Kier alpha value is -1.20. The number of aryl methyl sites for hydroxylation is 2. The molecule has 1 amide bonds. The van der Waals surface area contributed by atoms with Crippen molar-refractivity contribution >= 4 is 33.2 Å². The fourth-order valence-electron chi connectivity index (χ4n) is 1.71. The zero-order valence-corrected chi connectivity index (χ0v) is 13.3. The Balaban J connectivity index is 1.92. The first-order chi connectivity index (χ1) is 9.06. The van der Waals surface area contributed by atoms with Gasteiger partial charge in [0.05, 0.1) is 10.6 Å². The molecule has 0 saturated carbocycles. The summed E-state index contributed by atoms with van der Waals surface area (Å²) in [5.41, 5.74) is 2.78. The van der Waals surface area contributed by atoms with Gasteiger partial charge in [-0.3, -0.25) is 4.79 Å². The van der Waals surface area contributed by atoms with Crippen LogP contribution < -0.4 is 5.32 Å². The molecule has 100 valence electrons. The monoisotopic (exact) mass is 338 g/mol. The Morgan fingerprint density at radius 2 is 2.21 bits per heavy atom. The van der Waals surface area contributed by atoms with Gasteiger partial charge < -0.3 is 5.32 Å². The number of thiazole rings is 1. The summed E-state index contributed by atoms with van der Waals surface area (Å²) in [7, 11) is 0. The highest BCUT2D eigenvalue weighted by atomic mass is 79.9. The number of benzene rings is 1. The molecule has 1 aromatic carbocycles. The summed E-state index contributed by atoms with van der Waals surface area (Å²) in [4.78, 5) is 16.4. The lowest BCUT2D eigenvalue weighted by Gasteiger charge is -2.07. The van der Waals surface area contributed by atoms with Crippen molar-refractivity contribution in [1.82, 2.24) is 10.3 Å². The molecule has 2 rings (SSSR count). The number of hydrogen-bond acceptors (Lipinski definition) is 3. The molecule has 0 spiro atoms. The summed E-state index contributed by atoms with van der Waals surface area (Å²) in [5, 5.41) is 6.00. The van der Waals surface area contributed by atoms with Gasteiger partial charge in [-0.1, -0.05) is 11.6 Å². The van der Waals surface area contributed by atoms with Gasteiger partial charge in [0.25, 0.3) is 5.91 Å². The van der Waals surface area contributed by atoms with Gasteiger partial charge in [-0.15, -0.1) is 11.3 Å². The number of hydrogen-bond donors (Lipinski definition) is 1. The second kappa shape index (κ2) is 6.30. The maximum Gasteiger partial charge on any atom is 0.252 e. The van der Waals surface area contributed by atoms with Crippen LogP contribution in [0.1, 0.15) is 26.6 Å². The summed E-state index contributed by atoms with van der Waals surface area (Å²) in [5.74, 6) is -0.0520. The first-order valence-corrected chi connectivity index (χ1v) is 7.69. The van der Waals surface area contributed by atoms with E-state index in [1.807, 2.05) is 37.4 Å². The summed E-state index contributed by atoms with van der Waals surface area (Å²) < 4.78 is 0.820. The van der Waals surface area contributed by atoms with E-state index in [2.05, 4.69) is 26.2 Å². The van der Waals surface area contributed by atoms with E-state index in [1.54, 1.807) is 11.3 Å². The van der Waals surface area contributed by atoms with E-state index in [0.717, 1.165) is 27.2 Å². The average molecular weight is 339 g/mol. The van der Waals surface area contributed by atoms with Crippen LogP contribution >= 0.6 is 27.3 Å². The third-order valence-electron chi connectivity index (χ3n) is 2.66. The predicted octanol–water partition coefficient (Wildman–Crippen LogP) is 3.49. The predicted molar refractivity (Wildman–Crippen MR) is 81.8 cm³/mol. The minimum atomic E-state index is -0.0520. The van der Waals surface area contributed by atoms with Crippen LogP contribution in [0.5, 0.6) is 0 Å². The molecule has 0 aliphatic carbocycles. The van der Waals surface area contributed by atoms with Crippen molar-refractivity contribution in [3.63, 3.8) is 0 Å². The van der Waals surface area contributed by atoms with E-state index >= 15 is 0 Å². The van der Waals surface area contributed by atoms with E-state index in [4.69, 9.17) is 0 Å². The molecule has 2 aromatic rings. The molecule has 0 radical (unpaired) electrons. The van der Waals surface area contributed by atoms with Crippen LogP contribution in [0.3, 0.4) is 0 Å². The molecular weight excluding hydrogens is 324 g/mol. The van der Waals surface area contributed by atoms with Crippen molar-refractivity contribution in [1.29, 1.82) is 0 Å². The molecule has 0 atom stereocenters. The van der Waals surface area contributed by atoms with Crippen molar-refractivity contribution in [2.75, 3.05) is 6.54 Å². The third kappa shape index (κ3) is 3.88.